The third kappa shape index (κ3) is 8.75. The number of sulfonamides is 1. The number of carbonyl (C=O) groups excluding carboxylic acids is 4. The van der Waals surface area contributed by atoms with Gasteiger partial charge in [-0.2, -0.15) is 0 Å². The number of hydrogen-bond acceptors (Lipinski definition) is 11. The zero-order valence-electron chi connectivity index (χ0n) is 35.1. The van der Waals surface area contributed by atoms with E-state index in [4.69, 9.17) is 23.9 Å². The summed E-state index contributed by atoms with van der Waals surface area (Å²) in [5, 5.41) is 6.70. The second-order valence-corrected chi connectivity index (χ2v) is 20.4. The molecule has 0 radical (unpaired) electrons. The van der Waals surface area contributed by atoms with E-state index in [1.807, 2.05) is 37.3 Å². The van der Waals surface area contributed by atoms with Crippen molar-refractivity contribution < 1.29 is 46.5 Å². The van der Waals surface area contributed by atoms with Crippen LogP contribution in [-0.2, 0) is 40.3 Å². The number of benzene rings is 1. The molecule has 2 aliphatic carbocycles. The molecule has 59 heavy (non-hydrogen) atoms. The van der Waals surface area contributed by atoms with Crippen molar-refractivity contribution in [2.45, 2.75) is 145 Å². The normalized spacial score (nSPS) is 28.6. The third-order valence-electron chi connectivity index (χ3n) is 12.7. The topological polar surface area (TPSA) is 192 Å². The number of rotatable bonds is 8. The number of aryl methyl sites for hydroxylation is 2. The van der Waals surface area contributed by atoms with Crippen molar-refractivity contribution in [3.05, 3.63) is 41.6 Å². The van der Waals surface area contributed by atoms with E-state index in [1.54, 1.807) is 34.8 Å². The van der Waals surface area contributed by atoms with Crippen LogP contribution in [0.1, 0.15) is 110 Å². The molecule has 0 bridgehead atoms. The second-order valence-electron chi connectivity index (χ2n) is 18.3. The van der Waals surface area contributed by atoms with Crippen molar-refractivity contribution in [2.24, 2.45) is 5.92 Å². The lowest BCUT2D eigenvalue weighted by molar-refractivity contribution is -0.144. The first kappa shape index (κ1) is 42.7. The molecule has 2 saturated carbocycles. The molecule has 16 heteroatoms. The van der Waals surface area contributed by atoms with E-state index >= 15 is 0 Å². The van der Waals surface area contributed by atoms with E-state index < -0.39 is 73.3 Å². The number of alkyl carbamates (subject to hydrolysis) is 1. The SMILES string of the molecule is COCCOc1ccc2nc(C)c3c(c2c1)CC[C@]1(C[C@H]2C(=O)N[C@]4(C(=O)NS(=O)(=O)C5(C)CC5)CC[C@H]4/C=C\CCCCC[C@H](NC(=O)OC(C)(C)C)C(=O)N2C1)O3. The lowest BCUT2D eigenvalue weighted by atomic mass is 9.65. The van der Waals surface area contributed by atoms with Crippen LogP contribution in [-0.4, -0.2) is 103 Å². The average Bonchev–Trinajstić information content (AvgIpc) is 3.83. The van der Waals surface area contributed by atoms with Crippen LogP contribution in [0.4, 0.5) is 4.79 Å². The molecule has 0 unspecified atom stereocenters. The largest absolute Gasteiger partial charge is 0.491 e. The molecule has 4 heterocycles. The number of aromatic nitrogens is 1. The fraction of sp³-hybridized carbons (Fsp3) is 0.651. The van der Waals surface area contributed by atoms with Gasteiger partial charge in [-0.1, -0.05) is 25.0 Å². The number of fused-ring (bicyclic) bond motifs is 5. The molecule has 5 aliphatic rings. The molecular weight excluding hydrogens is 779 g/mol. The average molecular weight is 838 g/mol. The van der Waals surface area contributed by atoms with E-state index in [0.29, 0.717) is 81.8 Å². The van der Waals surface area contributed by atoms with Gasteiger partial charge in [0.15, 0.2) is 0 Å². The number of nitrogens with one attached hydrogen (secondary N) is 3. The summed E-state index contributed by atoms with van der Waals surface area (Å²) in [6, 6.07) is 3.60. The van der Waals surface area contributed by atoms with Crippen LogP contribution in [0.3, 0.4) is 0 Å². The van der Waals surface area contributed by atoms with E-state index in [9.17, 15) is 27.6 Å². The van der Waals surface area contributed by atoms with Gasteiger partial charge < -0.3 is 34.5 Å². The van der Waals surface area contributed by atoms with Crippen LogP contribution in [0.5, 0.6) is 11.5 Å². The number of amides is 4. The molecule has 2 aromatic rings. The lowest BCUT2D eigenvalue weighted by Crippen LogP contribution is -2.70. The Bertz CT molecular complexity index is 2130. The van der Waals surface area contributed by atoms with Crippen molar-refractivity contribution in [1.29, 1.82) is 0 Å². The van der Waals surface area contributed by atoms with Crippen molar-refractivity contribution in [3.63, 3.8) is 0 Å². The van der Waals surface area contributed by atoms with Gasteiger partial charge in [-0.3, -0.25) is 19.1 Å². The fourth-order valence-corrected chi connectivity index (χ4v) is 10.1. The lowest BCUT2D eigenvalue weighted by Gasteiger charge is -2.48. The van der Waals surface area contributed by atoms with Gasteiger partial charge in [-0.15, -0.1) is 0 Å². The summed E-state index contributed by atoms with van der Waals surface area (Å²) < 4.78 is 51.6. The third-order valence-corrected chi connectivity index (χ3v) is 14.8. The molecule has 3 N–H and O–H groups in total. The van der Waals surface area contributed by atoms with Gasteiger partial charge in [-0.25, -0.2) is 18.2 Å². The highest BCUT2D eigenvalue weighted by Crippen LogP contribution is 2.47. The minimum Gasteiger partial charge on any atom is -0.491 e. The highest BCUT2D eigenvalue weighted by molar-refractivity contribution is 7.91. The first-order valence-corrected chi connectivity index (χ1v) is 22.5. The molecule has 1 saturated heterocycles. The number of methoxy groups -OCH3 is 1. The molecule has 1 aromatic heterocycles. The Morgan fingerprint density at radius 2 is 1.85 bits per heavy atom. The predicted molar refractivity (Wildman–Crippen MR) is 219 cm³/mol. The number of allylic oxidation sites excluding steroid dienone is 1. The molecule has 1 spiro atoms. The number of nitrogens with zero attached hydrogens (tertiary/aromatic N) is 2. The van der Waals surface area contributed by atoms with Crippen molar-refractivity contribution >= 4 is 44.7 Å². The van der Waals surface area contributed by atoms with Gasteiger partial charge >= 0.3 is 6.09 Å². The van der Waals surface area contributed by atoms with E-state index in [2.05, 4.69) is 15.4 Å². The maximum atomic E-state index is 14.9. The number of carbonyl (C=O) groups is 4. The number of hydrogen-bond donors (Lipinski definition) is 3. The smallest absolute Gasteiger partial charge is 0.408 e. The van der Waals surface area contributed by atoms with Crippen LogP contribution in [0.15, 0.2) is 30.4 Å². The van der Waals surface area contributed by atoms with Crippen molar-refractivity contribution in [3.8, 4) is 11.5 Å². The molecule has 3 fully saturated rings. The Hall–Kier alpha value is -4.44. The summed E-state index contributed by atoms with van der Waals surface area (Å²) in [6.45, 7) is 9.56. The number of pyridine rings is 1. The van der Waals surface area contributed by atoms with Gasteiger partial charge in [0.25, 0.3) is 5.91 Å². The zero-order chi connectivity index (χ0) is 42.4. The first-order valence-electron chi connectivity index (χ1n) is 21.0. The van der Waals surface area contributed by atoms with Gasteiger partial charge in [0, 0.05) is 30.4 Å². The minimum absolute atomic E-state index is 0.0305. The number of ether oxygens (including phenoxy) is 4. The summed E-state index contributed by atoms with van der Waals surface area (Å²) in [5.74, 6) is -1.04. The van der Waals surface area contributed by atoms with Gasteiger partial charge in [-0.05, 0) is 111 Å². The molecule has 4 amide bonds. The summed E-state index contributed by atoms with van der Waals surface area (Å²) >= 11 is 0. The first-order chi connectivity index (χ1) is 27.9. The Kier molecular flexibility index (Phi) is 11.7. The van der Waals surface area contributed by atoms with Crippen LogP contribution < -0.4 is 24.8 Å². The molecule has 15 nitrogen and oxygen atoms in total. The highest BCUT2D eigenvalue weighted by atomic mass is 32.2. The van der Waals surface area contributed by atoms with Crippen molar-refractivity contribution in [2.75, 3.05) is 26.9 Å². The molecular formula is C43H59N5O10S. The molecule has 322 valence electrons. The van der Waals surface area contributed by atoms with Crippen LogP contribution in [0, 0.1) is 12.8 Å². The van der Waals surface area contributed by atoms with Crippen LogP contribution >= 0.6 is 0 Å². The quantitative estimate of drug-likeness (QED) is 0.242. The van der Waals surface area contributed by atoms with Crippen LogP contribution in [0.2, 0.25) is 0 Å². The zero-order valence-corrected chi connectivity index (χ0v) is 35.9. The molecule has 1 aromatic carbocycles. The van der Waals surface area contributed by atoms with Gasteiger partial charge in [0.05, 0.1) is 29.1 Å². The maximum absolute atomic E-state index is 14.9. The summed E-state index contributed by atoms with van der Waals surface area (Å²) in [7, 11) is -2.40. The van der Waals surface area contributed by atoms with E-state index in [-0.39, 0.29) is 19.4 Å². The second kappa shape index (κ2) is 16.2. The Morgan fingerprint density at radius 1 is 1.07 bits per heavy atom. The standard InChI is InChI=1S/C43H59N5O10S/c1-27-35-30(31-24-29(56-23-22-55-6)14-15-32(31)44-27)17-18-42(57-35)25-34-36(49)46-43(38(51)47-59(53,54)41(5)20-21-41)19-16-28(43)12-10-8-7-9-11-13-33(37(50)48(34)26-42)45-39(52)58-40(2,3)4/h10,12,14-15,24,28,33-34H,7-9,11,13,16-23,25-26H2,1-6H3,(H,45,52)(H,46,49)(H,47,51)/b12-10-/t28-,33+,34+,42-,43-/m1/s1. The Labute approximate surface area is 346 Å². The monoisotopic (exact) mass is 837 g/mol. The maximum Gasteiger partial charge on any atom is 0.408 e. The highest BCUT2D eigenvalue weighted by Gasteiger charge is 2.59. The Balaban J connectivity index is 1.24. The van der Waals surface area contributed by atoms with Crippen LogP contribution in [0.25, 0.3) is 10.9 Å². The molecule has 7 rings (SSSR count). The fourth-order valence-electron chi connectivity index (χ4n) is 8.83. The van der Waals surface area contributed by atoms with Gasteiger partial charge in [0.1, 0.15) is 46.9 Å². The predicted octanol–water partition coefficient (Wildman–Crippen LogP) is 4.91. The molecule has 5 atom stereocenters. The minimum atomic E-state index is -4.01. The Morgan fingerprint density at radius 3 is 2.54 bits per heavy atom. The van der Waals surface area contributed by atoms with Gasteiger partial charge in [0.2, 0.25) is 21.8 Å². The van der Waals surface area contributed by atoms with E-state index in [0.717, 1.165) is 29.3 Å². The summed E-state index contributed by atoms with van der Waals surface area (Å²) in [6.07, 6.45) is 9.12. The summed E-state index contributed by atoms with van der Waals surface area (Å²) in [5.41, 5.74) is -0.978. The molecule has 3 aliphatic heterocycles. The van der Waals surface area contributed by atoms with E-state index in [1.165, 1.54) is 4.90 Å². The van der Waals surface area contributed by atoms with Crippen molar-refractivity contribution in [1.82, 2.24) is 25.2 Å². The summed E-state index contributed by atoms with van der Waals surface area (Å²) in [4.78, 5) is 63.4.